The molecule has 1 heterocycles. The molecule has 84 valence electrons. The molecule has 0 spiro atoms. The summed E-state index contributed by atoms with van der Waals surface area (Å²) in [5.74, 6) is 0.703. The minimum Gasteiger partial charge on any atom is -0.257 e. The monoisotopic (exact) mass is 213 g/mol. The van der Waals surface area contributed by atoms with E-state index in [-0.39, 0.29) is 0 Å². The topological polar surface area (TPSA) is 12.9 Å². The maximum Gasteiger partial charge on any atom is 0.0629 e. The molecular weight excluding hydrogens is 194 g/mol. The molecule has 1 aliphatic rings. The third-order valence-electron chi connectivity index (χ3n) is 3.33. The summed E-state index contributed by atoms with van der Waals surface area (Å²) in [6.45, 7) is 4.58. The quantitative estimate of drug-likeness (QED) is 0.716. The molecule has 1 unspecified atom stereocenters. The van der Waals surface area contributed by atoms with Gasteiger partial charge in [0.15, 0.2) is 0 Å². The molecule has 0 bridgehead atoms. The van der Waals surface area contributed by atoms with Gasteiger partial charge in [-0.1, -0.05) is 24.6 Å². The van der Waals surface area contributed by atoms with Gasteiger partial charge in [0.05, 0.1) is 5.69 Å². The first-order chi connectivity index (χ1) is 7.77. The fraction of sp³-hybridized carbons (Fsp3) is 0.400. The number of allylic oxidation sites excluding steroid dienone is 3. The molecule has 0 N–H and O–H groups in total. The number of hydrogen-bond acceptors (Lipinski definition) is 1. The molecular formula is C15H19N. The Morgan fingerprint density at radius 2 is 2.19 bits per heavy atom. The Morgan fingerprint density at radius 3 is 2.88 bits per heavy atom. The number of nitrogens with zero attached hydrogens (tertiary/aromatic N) is 1. The van der Waals surface area contributed by atoms with E-state index in [4.69, 9.17) is 0 Å². The molecule has 0 radical (unpaired) electrons. The molecule has 2 rings (SSSR count). The molecule has 0 fully saturated rings. The zero-order valence-electron chi connectivity index (χ0n) is 10.1. The molecule has 0 saturated heterocycles. The van der Waals surface area contributed by atoms with Gasteiger partial charge >= 0.3 is 0 Å². The summed E-state index contributed by atoms with van der Waals surface area (Å²) in [5, 5.41) is 0. The summed E-state index contributed by atoms with van der Waals surface area (Å²) in [5.41, 5.74) is 4.10. The Morgan fingerprint density at radius 1 is 1.31 bits per heavy atom. The summed E-state index contributed by atoms with van der Waals surface area (Å²) in [6.07, 6.45) is 10.1. The van der Waals surface area contributed by atoms with Crippen LogP contribution in [-0.2, 0) is 0 Å². The molecule has 1 atom stereocenters. The van der Waals surface area contributed by atoms with Crippen molar-refractivity contribution in [3.8, 4) is 0 Å². The van der Waals surface area contributed by atoms with E-state index in [2.05, 4.69) is 31.0 Å². The minimum atomic E-state index is 0.703. The van der Waals surface area contributed by atoms with Crippen molar-refractivity contribution in [3.63, 3.8) is 0 Å². The largest absolute Gasteiger partial charge is 0.257 e. The first kappa shape index (κ1) is 11.1. The van der Waals surface area contributed by atoms with Crippen LogP contribution < -0.4 is 0 Å². The first-order valence-corrected chi connectivity index (χ1v) is 6.06. The van der Waals surface area contributed by atoms with E-state index in [0.717, 1.165) is 5.69 Å². The molecule has 0 aromatic carbocycles. The van der Waals surface area contributed by atoms with Crippen LogP contribution in [0.2, 0.25) is 0 Å². The Balaban J connectivity index is 2.17. The second-order valence-electron chi connectivity index (χ2n) is 4.62. The standard InChI is InChI=1S/C15H19N/c1-12-6-5-7-13(2)15(12)10-9-14-8-3-4-11-16-14/h3-4,8-12H,5-7H2,1-2H3. The lowest BCUT2D eigenvalue weighted by molar-refractivity contribution is 0.546. The van der Waals surface area contributed by atoms with Crippen LogP contribution in [0.25, 0.3) is 6.08 Å². The lowest BCUT2D eigenvalue weighted by Crippen LogP contribution is -2.06. The highest BCUT2D eigenvalue weighted by atomic mass is 14.6. The normalized spacial score (nSPS) is 21.8. The van der Waals surface area contributed by atoms with Gasteiger partial charge in [0.2, 0.25) is 0 Å². The van der Waals surface area contributed by atoms with Crippen LogP contribution in [-0.4, -0.2) is 4.98 Å². The highest BCUT2D eigenvalue weighted by molar-refractivity contribution is 5.50. The van der Waals surface area contributed by atoms with Gasteiger partial charge in [-0.15, -0.1) is 0 Å². The van der Waals surface area contributed by atoms with Gasteiger partial charge in [-0.05, 0) is 55.9 Å². The van der Waals surface area contributed by atoms with Crippen molar-refractivity contribution < 1.29 is 0 Å². The average Bonchev–Trinajstić information content (AvgIpc) is 2.30. The predicted octanol–water partition coefficient (Wildman–Crippen LogP) is 4.23. The van der Waals surface area contributed by atoms with E-state index >= 15 is 0 Å². The van der Waals surface area contributed by atoms with E-state index in [1.165, 1.54) is 24.8 Å². The second kappa shape index (κ2) is 5.11. The fourth-order valence-corrected chi connectivity index (χ4v) is 2.35. The molecule has 0 amide bonds. The number of pyridine rings is 1. The first-order valence-electron chi connectivity index (χ1n) is 6.06. The van der Waals surface area contributed by atoms with Gasteiger partial charge in [-0.3, -0.25) is 4.98 Å². The lowest BCUT2D eigenvalue weighted by atomic mass is 9.84. The van der Waals surface area contributed by atoms with Crippen LogP contribution >= 0.6 is 0 Å². The van der Waals surface area contributed by atoms with Gasteiger partial charge < -0.3 is 0 Å². The van der Waals surface area contributed by atoms with Crippen LogP contribution in [0.1, 0.15) is 38.8 Å². The van der Waals surface area contributed by atoms with Crippen molar-refractivity contribution in [1.29, 1.82) is 0 Å². The molecule has 1 heteroatoms. The third-order valence-corrected chi connectivity index (χ3v) is 3.33. The molecule has 1 aromatic rings. The van der Waals surface area contributed by atoms with Gasteiger partial charge in [-0.25, -0.2) is 0 Å². The number of rotatable bonds is 2. The average molecular weight is 213 g/mol. The van der Waals surface area contributed by atoms with Crippen molar-refractivity contribution in [3.05, 3.63) is 47.3 Å². The SMILES string of the molecule is CC1=C(C=Cc2ccccn2)C(C)CCC1. The van der Waals surface area contributed by atoms with Crippen LogP contribution in [0.5, 0.6) is 0 Å². The predicted molar refractivity (Wildman–Crippen MR) is 69.0 cm³/mol. The molecule has 1 aromatic heterocycles. The Labute approximate surface area is 97.9 Å². The van der Waals surface area contributed by atoms with E-state index < -0.39 is 0 Å². The maximum absolute atomic E-state index is 4.30. The van der Waals surface area contributed by atoms with Gasteiger partial charge in [0.1, 0.15) is 0 Å². The van der Waals surface area contributed by atoms with Crippen LogP contribution in [0.4, 0.5) is 0 Å². The number of hydrogen-bond donors (Lipinski definition) is 0. The van der Waals surface area contributed by atoms with Gasteiger partial charge in [-0.2, -0.15) is 0 Å². The van der Waals surface area contributed by atoms with Crippen molar-refractivity contribution in [2.45, 2.75) is 33.1 Å². The lowest BCUT2D eigenvalue weighted by Gasteiger charge is -2.21. The minimum absolute atomic E-state index is 0.703. The second-order valence-corrected chi connectivity index (χ2v) is 4.62. The number of aromatic nitrogens is 1. The smallest absolute Gasteiger partial charge is 0.0629 e. The van der Waals surface area contributed by atoms with Crippen LogP contribution in [0.3, 0.4) is 0 Å². The molecule has 0 saturated carbocycles. The summed E-state index contributed by atoms with van der Waals surface area (Å²) in [4.78, 5) is 4.30. The summed E-state index contributed by atoms with van der Waals surface area (Å²) in [7, 11) is 0. The van der Waals surface area contributed by atoms with Crippen molar-refractivity contribution in [1.82, 2.24) is 4.98 Å². The van der Waals surface area contributed by atoms with E-state index in [0.29, 0.717) is 5.92 Å². The zero-order valence-corrected chi connectivity index (χ0v) is 10.1. The Bertz CT molecular complexity index is 401. The van der Waals surface area contributed by atoms with Crippen LogP contribution in [0, 0.1) is 5.92 Å². The highest BCUT2D eigenvalue weighted by Crippen LogP contribution is 2.30. The van der Waals surface area contributed by atoms with Crippen molar-refractivity contribution >= 4 is 6.08 Å². The van der Waals surface area contributed by atoms with Gasteiger partial charge in [0, 0.05) is 6.20 Å². The molecule has 1 nitrogen and oxygen atoms in total. The summed E-state index contributed by atoms with van der Waals surface area (Å²) < 4.78 is 0. The van der Waals surface area contributed by atoms with Gasteiger partial charge in [0.25, 0.3) is 0 Å². The Kier molecular flexibility index (Phi) is 3.55. The summed E-state index contributed by atoms with van der Waals surface area (Å²) in [6, 6.07) is 6.02. The Hall–Kier alpha value is -1.37. The highest BCUT2D eigenvalue weighted by Gasteiger charge is 2.14. The van der Waals surface area contributed by atoms with Crippen LogP contribution in [0.15, 0.2) is 41.6 Å². The fourth-order valence-electron chi connectivity index (χ4n) is 2.35. The van der Waals surface area contributed by atoms with Crippen molar-refractivity contribution in [2.24, 2.45) is 5.92 Å². The molecule has 1 aliphatic carbocycles. The van der Waals surface area contributed by atoms with E-state index in [1.807, 2.05) is 24.4 Å². The maximum atomic E-state index is 4.30. The van der Waals surface area contributed by atoms with Crippen molar-refractivity contribution in [2.75, 3.05) is 0 Å². The third kappa shape index (κ3) is 2.60. The molecule has 0 aliphatic heterocycles. The molecule has 16 heavy (non-hydrogen) atoms. The van der Waals surface area contributed by atoms with E-state index in [1.54, 1.807) is 5.57 Å². The summed E-state index contributed by atoms with van der Waals surface area (Å²) >= 11 is 0. The van der Waals surface area contributed by atoms with E-state index in [9.17, 15) is 0 Å². The zero-order chi connectivity index (χ0) is 11.4.